The Kier molecular flexibility index (Phi) is 5.84. The van der Waals surface area contributed by atoms with Crippen molar-refractivity contribution >= 4 is 11.9 Å². The third-order valence-electron chi connectivity index (χ3n) is 3.76. The second-order valence-electron chi connectivity index (χ2n) is 5.62. The summed E-state index contributed by atoms with van der Waals surface area (Å²) in [7, 11) is 1.26. The maximum Gasteiger partial charge on any atom is 0.333 e. The first-order valence-corrected chi connectivity index (χ1v) is 8.24. The van der Waals surface area contributed by atoms with Crippen molar-refractivity contribution in [2.75, 3.05) is 7.11 Å². The normalized spacial score (nSPS) is 11.4. The lowest BCUT2D eigenvalue weighted by Gasteiger charge is -2.15. The smallest absolute Gasteiger partial charge is 0.333 e. The van der Waals surface area contributed by atoms with E-state index in [4.69, 9.17) is 14.0 Å². The molecule has 3 rings (SSSR count). The molecule has 0 saturated carbocycles. The average Bonchev–Trinajstić information content (AvgIpc) is 3.20. The van der Waals surface area contributed by atoms with Crippen molar-refractivity contribution in [3.05, 3.63) is 83.7 Å². The van der Waals surface area contributed by atoms with Gasteiger partial charge in [0.1, 0.15) is 12.4 Å². The van der Waals surface area contributed by atoms with Gasteiger partial charge in [-0.05, 0) is 17.7 Å². The fourth-order valence-electron chi connectivity index (χ4n) is 2.41. The van der Waals surface area contributed by atoms with Gasteiger partial charge in [-0.1, -0.05) is 53.7 Å². The summed E-state index contributed by atoms with van der Waals surface area (Å²) >= 11 is 0. The molecule has 0 unspecified atom stereocenters. The molecule has 138 valence electrons. The highest BCUT2D eigenvalue weighted by molar-refractivity contribution is 5.95. The number of benzene rings is 2. The Labute approximate surface area is 155 Å². The molecule has 1 aromatic heterocycles. The number of carbonyl (C=O) groups excluding carboxylic acids is 2. The zero-order chi connectivity index (χ0) is 19.1. The number of carbonyl (C=O) groups is 2. The summed E-state index contributed by atoms with van der Waals surface area (Å²) in [6.07, 6.45) is 0. The number of nitrogens with one attached hydrogen (secondary N) is 1. The standard InChI is InChI=1S/C20H18N2O5/c1-25-20(24)18(14-8-4-2-5-9-14)21-19(23)17-12-16(27-22-17)13-26-15-10-6-3-7-11-15/h2-12,18H,13H2,1H3,(H,21,23)/t18-/m0/s1. The average molecular weight is 366 g/mol. The molecule has 0 aliphatic rings. The molecule has 0 radical (unpaired) electrons. The predicted molar refractivity (Wildman–Crippen MR) is 95.9 cm³/mol. The van der Waals surface area contributed by atoms with Gasteiger partial charge in [-0.3, -0.25) is 4.79 Å². The Morgan fingerprint density at radius 2 is 1.74 bits per heavy atom. The molecule has 7 nitrogen and oxygen atoms in total. The van der Waals surface area contributed by atoms with Crippen LogP contribution in [0.1, 0.15) is 27.9 Å². The molecular weight excluding hydrogens is 348 g/mol. The van der Waals surface area contributed by atoms with Crippen LogP contribution in [-0.4, -0.2) is 24.1 Å². The summed E-state index contributed by atoms with van der Waals surface area (Å²) in [6, 6.07) is 18.5. The van der Waals surface area contributed by atoms with Gasteiger partial charge >= 0.3 is 5.97 Å². The van der Waals surface area contributed by atoms with E-state index in [2.05, 4.69) is 10.5 Å². The number of hydrogen-bond acceptors (Lipinski definition) is 6. The Morgan fingerprint density at radius 1 is 1.07 bits per heavy atom. The van der Waals surface area contributed by atoms with Crippen LogP contribution in [0.4, 0.5) is 0 Å². The SMILES string of the molecule is COC(=O)[C@@H](NC(=O)c1cc(COc2ccccc2)on1)c1ccccc1. The summed E-state index contributed by atoms with van der Waals surface area (Å²) in [6.45, 7) is 0.128. The predicted octanol–water partition coefficient (Wildman–Crippen LogP) is 2.90. The van der Waals surface area contributed by atoms with Gasteiger partial charge in [-0.15, -0.1) is 0 Å². The second-order valence-corrected chi connectivity index (χ2v) is 5.62. The Morgan fingerprint density at radius 3 is 2.41 bits per heavy atom. The molecule has 1 N–H and O–H groups in total. The topological polar surface area (TPSA) is 90.7 Å². The van der Waals surface area contributed by atoms with Crippen LogP contribution in [0, 0.1) is 0 Å². The summed E-state index contributed by atoms with van der Waals surface area (Å²) in [4.78, 5) is 24.5. The third kappa shape index (κ3) is 4.72. The summed E-state index contributed by atoms with van der Waals surface area (Å²) in [5.41, 5.74) is 0.653. The van der Waals surface area contributed by atoms with Gasteiger partial charge in [-0.25, -0.2) is 4.79 Å². The van der Waals surface area contributed by atoms with E-state index in [-0.39, 0.29) is 12.3 Å². The minimum absolute atomic E-state index is 0.0477. The van der Waals surface area contributed by atoms with Crippen molar-refractivity contribution in [2.24, 2.45) is 0 Å². The molecule has 0 fully saturated rings. The van der Waals surface area contributed by atoms with Crippen LogP contribution in [0.2, 0.25) is 0 Å². The number of rotatable bonds is 7. The van der Waals surface area contributed by atoms with E-state index in [0.717, 1.165) is 0 Å². The van der Waals surface area contributed by atoms with Gasteiger partial charge in [-0.2, -0.15) is 0 Å². The third-order valence-corrected chi connectivity index (χ3v) is 3.76. The molecule has 1 heterocycles. The van der Waals surface area contributed by atoms with E-state index in [0.29, 0.717) is 17.1 Å². The van der Waals surface area contributed by atoms with E-state index < -0.39 is 17.9 Å². The lowest BCUT2D eigenvalue weighted by Crippen LogP contribution is -2.34. The highest BCUT2D eigenvalue weighted by Gasteiger charge is 2.25. The van der Waals surface area contributed by atoms with Crippen LogP contribution >= 0.6 is 0 Å². The van der Waals surface area contributed by atoms with Gasteiger partial charge in [0.05, 0.1) is 7.11 Å². The molecule has 0 bridgehead atoms. The number of para-hydroxylation sites is 1. The largest absolute Gasteiger partial charge is 0.486 e. The number of nitrogens with zero attached hydrogens (tertiary/aromatic N) is 1. The summed E-state index contributed by atoms with van der Waals surface area (Å²) < 4.78 is 15.5. The zero-order valence-corrected chi connectivity index (χ0v) is 14.6. The minimum atomic E-state index is -0.940. The zero-order valence-electron chi connectivity index (χ0n) is 14.6. The minimum Gasteiger partial charge on any atom is -0.486 e. The summed E-state index contributed by atoms with van der Waals surface area (Å²) in [5.74, 6) is -0.0669. The molecule has 1 amide bonds. The quantitative estimate of drug-likeness (QED) is 0.647. The van der Waals surface area contributed by atoms with Crippen LogP contribution in [0.3, 0.4) is 0 Å². The maximum absolute atomic E-state index is 12.5. The first kappa shape index (κ1) is 18.2. The molecule has 0 aliphatic heterocycles. The van der Waals surface area contributed by atoms with E-state index in [1.165, 1.54) is 13.2 Å². The Balaban J connectivity index is 1.66. The molecule has 0 saturated heterocycles. The number of esters is 1. The van der Waals surface area contributed by atoms with Gasteiger partial charge in [0.15, 0.2) is 17.5 Å². The number of amides is 1. The first-order valence-electron chi connectivity index (χ1n) is 8.24. The van der Waals surface area contributed by atoms with E-state index in [9.17, 15) is 9.59 Å². The van der Waals surface area contributed by atoms with Gasteiger partial charge in [0.2, 0.25) is 0 Å². The highest BCUT2D eigenvalue weighted by atomic mass is 16.5. The Hall–Kier alpha value is -3.61. The van der Waals surface area contributed by atoms with Crippen LogP contribution in [0.15, 0.2) is 71.3 Å². The lowest BCUT2D eigenvalue weighted by molar-refractivity contribution is -0.143. The van der Waals surface area contributed by atoms with E-state index in [1.54, 1.807) is 24.3 Å². The van der Waals surface area contributed by atoms with Crippen LogP contribution < -0.4 is 10.1 Å². The van der Waals surface area contributed by atoms with Crippen LogP contribution in [-0.2, 0) is 16.1 Å². The van der Waals surface area contributed by atoms with Crippen molar-refractivity contribution in [3.63, 3.8) is 0 Å². The Bertz CT molecular complexity index is 893. The lowest BCUT2D eigenvalue weighted by atomic mass is 10.1. The van der Waals surface area contributed by atoms with Gasteiger partial charge < -0.3 is 19.3 Å². The number of hydrogen-bond donors (Lipinski definition) is 1. The molecule has 2 aromatic carbocycles. The van der Waals surface area contributed by atoms with Crippen molar-refractivity contribution in [1.82, 2.24) is 10.5 Å². The van der Waals surface area contributed by atoms with Crippen molar-refractivity contribution < 1.29 is 23.6 Å². The van der Waals surface area contributed by atoms with E-state index in [1.807, 2.05) is 36.4 Å². The molecule has 1 atom stereocenters. The maximum atomic E-state index is 12.5. The number of aromatic nitrogens is 1. The van der Waals surface area contributed by atoms with E-state index >= 15 is 0 Å². The highest BCUT2D eigenvalue weighted by Crippen LogP contribution is 2.16. The summed E-state index contributed by atoms with van der Waals surface area (Å²) in [5, 5.41) is 6.35. The van der Waals surface area contributed by atoms with Crippen LogP contribution in [0.25, 0.3) is 0 Å². The molecule has 0 aliphatic carbocycles. The monoisotopic (exact) mass is 366 g/mol. The molecular formula is C20H18N2O5. The molecule has 27 heavy (non-hydrogen) atoms. The first-order chi connectivity index (χ1) is 13.2. The van der Waals surface area contributed by atoms with Gasteiger partial charge in [0.25, 0.3) is 5.91 Å². The van der Waals surface area contributed by atoms with Gasteiger partial charge in [0, 0.05) is 6.07 Å². The number of methoxy groups -OCH3 is 1. The van der Waals surface area contributed by atoms with Crippen molar-refractivity contribution in [2.45, 2.75) is 12.6 Å². The van der Waals surface area contributed by atoms with Crippen LogP contribution in [0.5, 0.6) is 5.75 Å². The fraction of sp³-hybridized carbons (Fsp3) is 0.150. The van der Waals surface area contributed by atoms with Crippen molar-refractivity contribution in [1.29, 1.82) is 0 Å². The van der Waals surface area contributed by atoms with Crippen molar-refractivity contribution in [3.8, 4) is 5.75 Å². The fourth-order valence-corrected chi connectivity index (χ4v) is 2.41. The molecule has 3 aromatic rings. The molecule has 0 spiro atoms. The number of ether oxygens (including phenoxy) is 2. The second kappa shape index (κ2) is 8.66. The molecule has 7 heteroatoms.